The van der Waals surface area contributed by atoms with Gasteiger partial charge in [0.2, 0.25) is 11.8 Å². The maximum absolute atomic E-state index is 13.5. The normalized spacial score (nSPS) is 18.6. The molecule has 1 fully saturated rings. The van der Waals surface area contributed by atoms with E-state index in [0.717, 1.165) is 23.5 Å². The number of nitrogens with one attached hydrogen (secondary N) is 2. The quantitative estimate of drug-likeness (QED) is 0.712. The molecule has 0 saturated carbocycles. The highest BCUT2D eigenvalue weighted by molar-refractivity contribution is 7.90. The van der Waals surface area contributed by atoms with Crippen LogP contribution in [0.5, 0.6) is 0 Å². The van der Waals surface area contributed by atoms with Crippen LogP contribution in [0.2, 0.25) is 0 Å². The Bertz CT molecular complexity index is 1200. The van der Waals surface area contributed by atoms with Crippen molar-refractivity contribution in [2.24, 2.45) is 10.9 Å². The first-order valence-corrected chi connectivity index (χ1v) is 11.4. The van der Waals surface area contributed by atoms with Crippen LogP contribution in [0.4, 0.5) is 20.2 Å². The number of benzene rings is 2. The van der Waals surface area contributed by atoms with Crippen molar-refractivity contribution in [3.63, 3.8) is 0 Å². The van der Waals surface area contributed by atoms with Gasteiger partial charge >= 0.3 is 0 Å². The fraction of sp³-hybridized carbons (Fsp3) is 0.286. The molecule has 0 spiro atoms. The SMILES string of the molecule is O=C(Nc1cccc(S(=O)(=O)NC2=NCCC2)c1)C1CC(=O)N(c2cc(F)cc(F)c2)C1. The number of anilines is 2. The lowest BCUT2D eigenvalue weighted by atomic mass is 10.1. The van der Waals surface area contributed by atoms with E-state index < -0.39 is 39.4 Å². The predicted octanol–water partition coefficient (Wildman–Crippen LogP) is 2.43. The molecule has 2 aromatic rings. The lowest BCUT2D eigenvalue weighted by Gasteiger charge is -2.17. The van der Waals surface area contributed by atoms with Crippen LogP contribution in [-0.4, -0.2) is 39.2 Å². The third-order valence-electron chi connectivity index (χ3n) is 5.19. The number of carbonyl (C=O) groups excluding carboxylic acids is 2. The predicted molar refractivity (Wildman–Crippen MR) is 114 cm³/mol. The van der Waals surface area contributed by atoms with E-state index in [4.69, 9.17) is 0 Å². The number of carbonyl (C=O) groups is 2. The smallest absolute Gasteiger partial charge is 0.262 e. The molecule has 11 heteroatoms. The van der Waals surface area contributed by atoms with E-state index in [0.29, 0.717) is 24.9 Å². The first-order chi connectivity index (χ1) is 15.2. The molecule has 0 bridgehead atoms. The average Bonchev–Trinajstić information content (AvgIpc) is 3.36. The number of amidine groups is 1. The Morgan fingerprint density at radius 2 is 1.88 bits per heavy atom. The number of nitrogens with zero attached hydrogens (tertiary/aromatic N) is 2. The second kappa shape index (κ2) is 8.65. The zero-order valence-corrected chi connectivity index (χ0v) is 17.7. The molecule has 4 rings (SSSR count). The fourth-order valence-corrected chi connectivity index (χ4v) is 4.78. The van der Waals surface area contributed by atoms with Crippen LogP contribution in [0.1, 0.15) is 19.3 Å². The maximum atomic E-state index is 13.5. The summed E-state index contributed by atoms with van der Waals surface area (Å²) in [6.07, 6.45) is 1.20. The summed E-state index contributed by atoms with van der Waals surface area (Å²) in [6, 6.07) is 8.47. The average molecular weight is 462 g/mol. The van der Waals surface area contributed by atoms with E-state index in [1.807, 2.05) is 0 Å². The van der Waals surface area contributed by atoms with E-state index in [-0.39, 0.29) is 29.2 Å². The van der Waals surface area contributed by atoms with E-state index >= 15 is 0 Å². The number of aliphatic imine (C=N–C) groups is 1. The number of hydrogen-bond acceptors (Lipinski definition) is 5. The molecule has 2 aliphatic heterocycles. The number of halogens is 2. The summed E-state index contributed by atoms with van der Waals surface area (Å²) in [6.45, 7) is 0.528. The van der Waals surface area contributed by atoms with Gasteiger partial charge in [-0.05, 0) is 36.8 Å². The molecule has 1 unspecified atom stereocenters. The summed E-state index contributed by atoms with van der Waals surface area (Å²) in [7, 11) is -3.85. The van der Waals surface area contributed by atoms with Gasteiger partial charge in [-0.3, -0.25) is 19.3 Å². The first-order valence-electron chi connectivity index (χ1n) is 9.95. The lowest BCUT2D eigenvalue weighted by molar-refractivity contribution is -0.122. The van der Waals surface area contributed by atoms with Crippen molar-refractivity contribution < 1.29 is 26.8 Å². The molecular formula is C21H20F2N4O4S. The highest BCUT2D eigenvalue weighted by atomic mass is 32.2. The third kappa shape index (κ3) is 4.77. The zero-order chi connectivity index (χ0) is 22.9. The number of rotatable bonds is 5. The van der Waals surface area contributed by atoms with E-state index in [2.05, 4.69) is 15.0 Å². The summed E-state index contributed by atoms with van der Waals surface area (Å²) in [5.41, 5.74) is 0.283. The Balaban J connectivity index is 1.45. The monoisotopic (exact) mass is 462 g/mol. The molecule has 2 amide bonds. The van der Waals surface area contributed by atoms with Crippen molar-refractivity contribution >= 4 is 39.0 Å². The molecule has 1 saturated heterocycles. The van der Waals surface area contributed by atoms with Crippen LogP contribution >= 0.6 is 0 Å². The Hall–Kier alpha value is -3.34. The van der Waals surface area contributed by atoms with E-state index in [1.165, 1.54) is 24.3 Å². The van der Waals surface area contributed by atoms with Crippen LogP contribution in [0.3, 0.4) is 0 Å². The maximum Gasteiger partial charge on any atom is 0.262 e. The van der Waals surface area contributed by atoms with Gasteiger partial charge in [-0.1, -0.05) is 6.07 Å². The Morgan fingerprint density at radius 1 is 1.12 bits per heavy atom. The van der Waals surface area contributed by atoms with E-state index in [9.17, 15) is 26.8 Å². The van der Waals surface area contributed by atoms with Crippen LogP contribution in [0.15, 0.2) is 52.4 Å². The molecule has 168 valence electrons. The molecular weight excluding hydrogens is 442 g/mol. The molecule has 0 aliphatic carbocycles. The molecule has 0 radical (unpaired) electrons. The van der Waals surface area contributed by atoms with Gasteiger partial charge in [0, 0.05) is 43.4 Å². The minimum Gasteiger partial charge on any atom is -0.326 e. The summed E-state index contributed by atoms with van der Waals surface area (Å²) in [4.78, 5) is 30.2. The van der Waals surface area contributed by atoms with Crippen molar-refractivity contribution in [1.29, 1.82) is 0 Å². The van der Waals surface area contributed by atoms with Crippen molar-refractivity contribution in [3.05, 3.63) is 54.1 Å². The minimum atomic E-state index is -3.85. The van der Waals surface area contributed by atoms with Crippen LogP contribution in [0, 0.1) is 17.6 Å². The minimum absolute atomic E-state index is 0.0377. The first kappa shape index (κ1) is 21.9. The number of sulfonamides is 1. The van der Waals surface area contributed by atoms with Gasteiger partial charge in [-0.25, -0.2) is 17.2 Å². The van der Waals surface area contributed by atoms with Gasteiger partial charge in [0.1, 0.15) is 17.5 Å². The zero-order valence-electron chi connectivity index (χ0n) is 16.8. The summed E-state index contributed by atoms with van der Waals surface area (Å²) < 4.78 is 54.6. The molecule has 2 aromatic carbocycles. The molecule has 2 aliphatic rings. The van der Waals surface area contributed by atoms with Gasteiger partial charge in [-0.15, -0.1) is 0 Å². The van der Waals surface area contributed by atoms with Crippen molar-refractivity contribution in [1.82, 2.24) is 4.72 Å². The van der Waals surface area contributed by atoms with Crippen molar-refractivity contribution in [3.8, 4) is 0 Å². The largest absolute Gasteiger partial charge is 0.326 e. The van der Waals surface area contributed by atoms with Crippen LogP contribution in [-0.2, 0) is 19.6 Å². The molecule has 0 aromatic heterocycles. The lowest BCUT2D eigenvalue weighted by Crippen LogP contribution is -2.29. The highest BCUT2D eigenvalue weighted by Crippen LogP contribution is 2.27. The highest BCUT2D eigenvalue weighted by Gasteiger charge is 2.35. The second-order valence-corrected chi connectivity index (χ2v) is 9.27. The number of hydrogen-bond donors (Lipinski definition) is 2. The number of amides is 2. The Kier molecular flexibility index (Phi) is 5.92. The third-order valence-corrected chi connectivity index (χ3v) is 6.57. The van der Waals surface area contributed by atoms with Gasteiger partial charge in [-0.2, -0.15) is 0 Å². The van der Waals surface area contributed by atoms with Crippen molar-refractivity contribution in [2.45, 2.75) is 24.2 Å². The van der Waals surface area contributed by atoms with Crippen molar-refractivity contribution in [2.75, 3.05) is 23.3 Å². The van der Waals surface area contributed by atoms with E-state index in [1.54, 1.807) is 0 Å². The second-order valence-electron chi connectivity index (χ2n) is 7.59. The molecule has 2 heterocycles. The summed E-state index contributed by atoms with van der Waals surface area (Å²) in [5.74, 6) is -2.95. The summed E-state index contributed by atoms with van der Waals surface area (Å²) >= 11 is 0. The standard InChI is InChI=1S/C21H20F2N4O4S/c22-14-8-15(23)10-17(9-14)27-12-13(7-20(27)28)21(29)25-16-3-1-4-18(11-16)32(30,31)26-19-5-2-6-24-19/h1,3-4,8-11,13H,2,5-7,12H2,(H,24,26)(H,25,29). The topological polar surface area (TPSA) is 108 Å². The molecule has 8 nitrogen and oxygen atoms in total. The van der Waals surface area contributed by atoms with Gasteiger partial charge in [0.15, 0.2) is 0 Å². The molecule has 2 N–H and O–H groups in total. The molecule has 1 atom stereocenters. The summed E-state index contributed by atoms with van der Waals surface area (Å²) in [5, 5.41) is 2.62. The van der Waals surface area contributed by atoms with Gasteiger partial charge < -0.3 is 10.2 Å². The molecule has 32 heavy (non-hydrogen) atoms. The van der Waals surface area contributed by atoms with Crippen LogP contribution < -0.4 is 14.9 Å². The van der Waals surface area contributed by atoms with Crippen LogP contribution in [0.25, 0.3) is 0 Å². The van der Waals surface area contributed by atoms with Gasteiger partial charge in [0.05, 0.1) is 10.8 Å². The fourth-order valence-electron chi connectivity index (χ4n) is 3.65. The Labute approximate surface area is 183 Å². The van der Waals surface area contributed by atoms with Gasteiger partial charge in [0.25, 0.3) is 10.0 Å². The Morgan fingerprint density at radius 3 is 2.56 bits per heavy atom.